The van der Waals surface area contributed by atoms with Crippen molar-refractivity contribution >= 4 is 17.6 Å². The number of oxazole rings is 1. The number of carboxylic acid groups (broad SMARTS) is 1. The van der Waals surface area contributed by atoms with Crippen LogP contribution in [0.4, 0.5) is 5.69 Å². The first-order chi connectivity index (χ1) is 10.1. The molecule has 0 saturated heterocycles. The highest BCUT2D eigenvalue weighted by atomic mass is 16.4. The lowest BCUT2D eigenvalue weighted by Crippen LogP contribution is -2.11. The van der Waals surface area contributed by atoms with Crippen molar-refractivity contribution in [2.75, 3.05) is 5.32 Å². The molecule has 1 aromatic carbocycles. The zero-order valence-corrected chi connectivity index (χ0v) is 11.4. The van der Waals surface area contributed by atoms with Crippen LogP contribution in [0.25, 0.3) is 11.3 Å². The van der Waals surface area contributed by atoms with E-state index < -0.39 is 5.97 Å². The van der Waals surface area contributed by atoms with E-state index in [1.54, 1.807) is 18.3 Å². The van der Waals surface area contributed by atoms with Gasteiger partial charge in [0.2, 0.25) is 5.91 Å². The normalized spacial score (nSPS) is 10.3. The summed E-state index contributed by atoms with van der Waals surface area (Å²) in [6.07, 6.45) is 4.41. The molecule has 6 nitrogen and oxygen atoms in total. The molecule has 0 radical (unpaired) electrons. The monoisotopic (exact) mass is 288 g/mol. The van der Waals surface area contributed by atoms with E-state index in [4.69, 9.17) is 9.52 Å². The van der Waals surface area contributed by atoms with Gasteiger partial charge in [-0.3, -0.25) is 9.59 Å². The minimum atomic E-state index is -0.838. The summed E-state index contributed by atoms with van der Waals surface area (Å²) < 4.78 is 5.20. The maximum absolute atomic E-state index is 11.8. The Bertz CT molecular complexity index is 608. The number of amides is 1. The number of carbonyl (C=O) groups excluding carboxylic acids is 1. The topological polar surface area (TPSA) is 92.4 Å². The number of anilines is 1. The van der Waals surface area contributed by atoms with Gasteiger partial charge < -0.3 is 14.8 Å². The quantitative estimate of drug-likeness (QED) is 0.764. The van der Waals surface area contributed by atoms with Crippen LogP contribution in [0.2, 0.25) is 0 Å². The lowest BCUT2D eigenvalue weighted by molar-refractivity contribution is -0.137. The molecule has 6 heteroatoms. The van der Waals surface area contributed by atoms with E-state index in [1.807, 2.05) is 12.1 Å². The van der Waals surface area contributed by atoms with Crippen molar-refractivity contribution in [1.82, 2.24) is 4.98 Å². The molecule has 0 atom stereocenters. The van der Waals surface area contributed by atoms with Crippen LogP contribution in [-0.4, -0.2) is 22.0 Å². The highest BCUT2D eigenvalue weighted by Gasteiger charge is 2.06. The van der Waals surface area contributed by atoms with Gasteiger partial charge >= 0.3 is 5.97 Å². The largest absolute Gasteiger partial charge is 0.481 e. The van der Waals surface area contributed by atoms with Crippen molar-refractivity contribution in [3.63, 3.8) is 0 Å². The molecule has 0 unspecified atom stereocenters. The number of unbranched alkanes of at least 4 members (excludes halogenated alkanes) is 1. The molecule has 1 heterocycles. The third kappa shape index (κ3) is 4.76. The van der Waals surface area contributed by atoms with E-state index in [2.05, 4.69) is 10.3 Å². The number of aliphatic carboxylic acids is 1. The molecule has 110 valence electrons. The Hall–Kier alpha value is -2.63. The van der Waals surface area contributed by atoms with E-state index in [0.29, 0.717) is 30.7 Å². The molecule has 0 saturated carbocycles. The Morgan fingerprint density at radius 1 is 1.24 bits per heavy atom. The molecule has 0 fully saturated rings. The summed E-state index contributed by atoms with van der Waals surface area (Å²) in [6, 6.07) is 7.27. The van der Waals surface area contributed by atoms with Gasteiger partial charge in [0.05, 0.1) is 6.20 Å². The van der Waals surface area contributed by atoms with Crippen LogP contribution >= 0.6 is 0 Å². The van der Waals surface area contributed by atoms with Crippen LogP contribution in [0.5, 0.6) is 0 Å². The summed E-state index contributed by atoms with van der Waals surface area (Å²) in [6.45, 7) is 0. The van der Waals surface area contributed by atoms with Crippen molar-refractivity contribution in [2.45, 2.75) is 25.7 Å². The SMILES string of the molecule is O=C(O)CCCCC(=O)Nc1cccc(-c2cnco2)c1. The number of rotatable bonds is 7. The average molecular weight is 288 g/mol. The zero-order chi connectivity index (χ0) is 15.1. The highest BCUT2D eigenvalue weighted by molar-refractivity contribution is 5.91. The highest BCUT2D eigenvalue weighted by Crippen LogP contribution is 2.22. The third-order valence-electron chi connectivity index (χ3n) is 2.91. The Labute approximate surface area is 121 Å². The van der Waals surface area contributed by atoms with Crippen molar-refractivity contribution in [1.29, 1.82) is 0 Å². The van der Waals surface area contributed by atoms with Gasteiger partial charge in [-0.2, -0.15) is 0 Å². The minimum Gasteiger partial charge on any atom is -0.481 e. The summed E-state index contributed by atoms with van der Waals surface area (Å²) in [5, 5.41) is 11.3. The summed E-state index contributed by atoms with van der Waals surface area (Å²) in [4.78, 5) is 26.0. The van der Waals surface area contributed by atoms with E-state index in [1.165, 1.54) is 6.39 Å². The van der Waals surface area contributed by atoms with E-state index in [0.717, 1.165) is 5.56 Å². The number of nitrogens with one attached hydrogen (secondary N) is 1. The Balaban J connectivity index is 1.86. The lowest BCUT2D eigenvalue weighted by Gasteiger charge is -2.06. The summed E-state index contributed by atoms with van der Waals surface area (Å²) in [7, 11) is 0. The summed E-state index contributed by atoms with van der Waals surface area (Å²) >= 11 is 0. The van der Waals surface area contributed by atoms with Gasteiger partial charge in [-0.15, -0.1) is 0 Å². The first-order valence-electron chi connectivity index (χ1n) is 6.66. The fourth-order valence-corrected chi connectivity index (χ4v) is 1.89. The smallest absolute Gasteiger partial charge is 0.303 e. The van der Waals surface area contributed by atoms with Gasteiger partial charge in [0, 0.05) is 24.1 Å². The molecule has 0 spiro atoms. The second-order valence-corrected chi connectivity index (χ2v) is 4.60. The Kier molecular flexibility index (Phi) is 5.09. The molecule has 21 heavy (non-hydrogen) atoms. The fraction of sp³-hybridized carbons (Fsp3) is 0.267. The average Bonchev–Trinajstić information content (AvgIpc) is 2.98. The molecule has 1 amide bonds. The number of benzene rings is 1. The van der Waals surface area contributed by atoms with Crippen LogP contribution in [0, 0.1) is 0 Å². The number of nitrogens with zero attached hydrogens (tertiary/aromatic N) is 1. The first kappa shape index (κ1) is 14.8. The second-order valence-electron chi connectivity index (χ2n) is 4.60. The van der Waals surface area contributed by atoms with E-state index >= 15 is 0 Å². The van der Waals surface area contributed by atoms with Crippen LogP contribution in [0.1, 0.15) is 25.7 Å². The number of aromatic nitrogens is 1. The number of carboxylic acids is 1. The molecule has 2 aromatic rings. The van der Waals surface area contributed by atoms with Crippen molar-refractivity contribution < 1.29 is 19.1 Å². The van der Waals surface area contributed by atoms with Crippen LogP contribution in [0.3, 0.4) is 0 Å². The van der Waals surface area contributed by atoms with Gasteiger partial charge in [0.25, 0.3) is 0 Å². The molecular formula is C15H16N2O4. The summed E-state index contributed by atoms with van der Waals surface area (Å²) in [5.41, 5.74) is 1.50. The fourth-order valence-electron chi connectivity index (χ4n) is 1.89. The molecular weight excluding hydrogens is 272 g/mol. The van der Waals surface area contributed by atoms with Gasteiger partial charge in [-0.1, -0.05) is 12.1 Å². The number of hydrogen-bond donors (Lipinski definition) is 2. The van der Waals surface area contributed by atoms with Gasteiger partial charge in [0.15, 0.2) is 12.2 Å². The number of hydrogen-bond acceptors (Lipinski definition) is 4. The molecule has 0 aliphatic rings. The minimum absolute atomic E-state index is 0.0915. The van der Waals surface area contributed by atoms with E-state index in [9.17, 15) is 9.59 Å². The molecule has 0 aliphatic heterocycles. The van der Waals surface area contributed by atoms with Gasteiger partial charge in [0.1, 0.15) is 0 Å². The Morgan fingerprint density at radius 2 is 2.05 bits per heavy atom. The second kappa shape index (κ2) is 7.23. The third-order valence-corrected chi connectivity index (χ3v) is 2.91. The zero-order valence-electron chi connectivity index (χ0n) is 11.4. The van der Waals surface area contributed by atoms with Gasteiger partial charge in [-0.05, 0) is 25.0 Å². The van der Waals surface area contributed by atoms with Crippen LogP contribution in [-0.2, 0) is 9.59 Å². The maximum Gasteiger partial charge on any atom is 0.303 e. The van der Waals surface area contributed by atoms with Crippen molar-refractivity contribution in [3.8, 4) is 11.3 Å². The predicted molar refractivity (Wildman–Crippen MR) is 76.7 cm³/mol. The standard InChI is InChI=1S/C15H16N2O4/c18-14(6-1-2-7-15(19)20)17-12-5-3-4-11(8-12)13-9-16-10-21-13/h3-5,8-10H,1-2,6-7H2,(H,17,18)(H,19,20). The maximum atomic E-state index is 11.8. The van der Waals surface area contributed by atoms with Crippen LogP contribution in [0.15, 0.2) is 41.3 Å². The van der Waals surface area contributed by atoms with Crippen molar-refractivity contribution in [2.24, 2.45) is 0 Å². The molecule has 0 aliphatic carbocycles. The van der Waals surface area contributed by atoms with Gasteiger partial charge in [-0.25, -0.2) is 4.98 Å². The number of carbonyl (C=O) groups is 2. The first-order valence-corrected chi connectivity index (χ1v) is 6.66. The predicted octanol–water partition coefficient (Wildman–Crippen LogP) is 2.93. The molecule has 2 N–H and O–H groups in total. The van der Waals surface area contributed by atoms with E-state index in [-0.39, 0.29) is 12.3 Å². The Morgan fingerprint density at radius 3 is 2.76 bits per heavy atom. The lowest BCUT2D eigenvalue weighted by atomic mass is 10.1. The molecule has 2 rings (SSSR count). The summed E-state index contributed by atoms with van der Waals surface area (Å²) in [5.74, 6) is -0.335. The molecule has 1 aromatic heterocycles. The van der Waals surface area contributed by atoms with Crippen molar-refractivity contribution in [3.05, 3.63) is 36.9 Å². The molecule has 0 bridgehead atoms. The van der Waals surface area contributed by atoms with Crippen LogP contribution < -0.4 is 5.32 Å².